The Labute approximate surface area is 129 Å². The number of rotatable bonds is 3. The zero-order chi connectivity index (χ0) is 14.8. The van der Waals surface area contributed by atoms with E-state index in [1.165, 1.54) is 0 Å². The van der Waals surface area contributed by atoms with Crippen LogP contribution in [0.4, 0.5) is 19.0 Å². The zero-order valence-electron chi connectivity index (χ0n) is 10.8. The molecule has 20 heavy (non-hydrogen) atoms. The van der Waals surface area contributed by atoms with Gasteiger partial charge in [0, 0.05) is 24.6 Å². The number of nitrogens with zero attached hydrogens (tertiary/aromatic N) is 2. The maximum Gasteiger partial charge on any atom is 0.417 e. The Balaban J connectivity index is 2.16. The van der Waals surface area contributed by atoms with E-state index < -0.39 is 11.7 Å². The lowest BCUT2D eigenvalue weighted by Gasteiger charge is -2.34. The third kappa shape index (κ3) is 3.79. The van der Waals surface area contributed by atoms with Crippen LogP contribution in [0, 0.1) is 5.92 Å². The van der Waals surface area contributed by atoms with Crippen molar-refractivity contribution in [2.24, 2.45) is 5.92 Å². The summed E-state index contributed by atoms with van der Waals surface area (Å²) in [5.41, 5.74) is -0.805. The highest BCUT2D eigenvalue weighted by molar-refractivity contribution is 9.09. The van der Waals surface area contributed by atoms with Crippen LogP contribution in [0.1, 0.15) is 24.8 Å². The molecule has 0 amide bonds. The summed E-state index contributed by atoms with van der Waals surface area (Å²) in [6, 6.07) is 0.956. The third-order valence-corrected chi connectivity index (χ3v) is 4.22. The number of anilines is 1. The van der Waals surface area contributed by atoms with Crippen LogP contribution in [0.2, 0.25) is 5.02 Å². The van der Waals surface area contributed by atoms with E-state index in [0.717, 1.165) is 49.9 Å². The first-order valence-electron chi connectivity index (χ1n) is 6.45. The Morgan fingerprint density at radius 3 is 2.80 bits per heavy atom. The number of pyridine rings is 1. The molecule has 1 aromatic heterocycles. The molecule has 0 N–H and O–H groups in total. The van der Waals surface area contributed by atoms with Gasteiger partial charge in [-0.1, -0.05) is 27.5 Å². The van der Waals surface area contributed by atoms with E-state index in [9.17, 15) is 13.2 Å². The molecule has 1 aliphatic heterocycles. The minimum atomic E-state index is -4.41. The van der Waals surface area contributed by atoms with Gasteiger partial charge in [0.1, 0.15) is 5.82 Å². The predicted octanol–water partition coefficient (Wildman–Crippen LogP) is 4.76. The Kier molecular flexibility index (Phi) is 5.18. The predicted molar refractivity (Wildman–Crippen MR) is 77.6 cm³/mol. The molecular formula is C13H15BrClF3N2. The number of alkyl halides is 4. The van der Waals surface area contributed by atoms with Gasteiger partial charge in [0.05, 0.1) is 10.6 Å². The van der Waals surface area contributed by atoms with Gasteiger partial charge in [-0.3, -0.25) is 0 Å². The summed E-state index contributed by atoms with van der Waals surface area (Å²) in [5.74, 6) is 0.988. The van der Waals surface area contributed by atoms with Gasteiger partial charge in [-0.15, -0.1) is 0 Å². The monoisotopic (exact) mass is 370 g/mol. The maximum atomic E-state index is 12.6. The number of hydrogen-bond donors (Lipinski definition) is 0. The first-order chi connectivity index (χ1) is 9.41. The molecule has 2 nitrogen and oxygen atoms in total. The Morgan fingerprint density at radius 2 is 2.20 bits per heavy atom. The Morgan fingerprint density at radius 1 is 1.45 bits per heavy atom. The summed E-state index contributed by atoms with van der Waals surface area (Å²) in [7, 11) is 0. The summed E-state index contributed by atoms with van der Waals surface area (Å²) < 4.78 is 37.8. The molecule has 112 valence electrons. The van der Waals surface area contributed by atoms with Crippen molar-refractivity contribution in [2.75, 3.05) is 23.3 Å². The van der Waals surface area contributed by atoms with Crippen LogP contribution in [-0.2, 0) is 6.18 Å². The van der Waals surface area contributed by atoms with Crippen molar-refractivity contribution in [3.8, 4) is 0 Å². The summed E-state index contributed by atoms with van der Waals surface area (Å²) in [6.45, 7) is 1.58. The highest BCUT2D eigenvalue weighted by atomic mass is 79.9. The Bertz CT molecular complexity index is 465. The molecule has 7 heteroatoms. The second-order valence-corrected chi connectivity index (χ2v) is 6.16. The molecule has 1 aliphatic rings. The number of aromatic nitrogens is 1. The lowest BCUT2D eigenvalue weighted by molar-refractivity contribution is -0.137. The molecule has 1 unspecified atom stereocenters. The average Bonchev–Trinajstić information content (AvgIpc) is 2.38. The maximum absolute atomic E-state index is 12.6. The van der Waals surface area contributed by atoms with Crippen LogP contribution >= 0.6 is 27.5 Å². The fourth-order valence-electron chi connectivity index (χ4n) is 2.47. The first-order valence-corrected chi connectivity index (χ1v) is 7.95. The zero-order valence-corrected chi connectivity index (χ0v) is 13.1. The molecule has 0 bridgehead atoms. The van der Waals surface area contributed by atoms with E-state index in [-0.39, 0.29) is 5.02 Å². The molecule has 0 saturated carbocycles. The van der Waals surface area contributed by atoms with Crippen molar-refractivity contribution in [3.63, 3.8) is 0 Å². The minimum absolute atomic E-state index is 0.0688. The van der Waals surface area contributed by atoms with Gasteiger partial charge in [0.15, 0.2) is 0 Å². The van der Waals surface area contributed by atoms with Crippen molar-refractivity contribution >= 4 is 33.3 Å². The van der Waals surface area contributed by atoms with Gasteiger partial charge in [0.25, 0.3) is 0 Å². The van der Waals surface area contributed by atoms with Crippen molar-refractivity contribution in [1.29, 1.82) is 0 Å². The van der Waals surface area contributed by atoms with Gasteiger partial charge in [-0.05, 0) is 31.2 Å². The summed E-state index contributed by atoms with van der Waals surface area (Å²) >= 11 is 9.40. The minimum Gasteiger partial charge on any atom is -0.355 e. The van der Waals surface area contributed by atoms with Gasteiger partial charge in [0.2, 0.25) is 0 Å². The van der Waals surface area contributed by atoms with Crippen LogP contribution in [0.15, 0.2) is 12.3 Å². The van der Waals surface area contributed by atoms with Crippen LogP contribution in [-0.4, -0.2) is 23.4 Å². The second-order valence-electron chi connectivity index (χ2n) is 4.96. The number of halogens is 5. The lowest BCUT2D eigenvalue weighted by atomic mass is 9.95. The summed E-state index contributed by atoms with van der Waals surface area (Å²) in [4.78, 5) is 5.91. The van der Waals surface area contributed by atoms with Gasteiger partial charge >= 0.3 is 6.18 Å². The van der Waals surface area contributed by atoms with Gasteiger partial charge < -0.3 is 4.90 Å². The first kappa shape index (κ1) is 15.9. The molecule has 0 spiro atoms. The largest absolute Gasteiger partial charge is 0.417 e. The van der Waals surface area contributed by atoms with E-state index in [0.29, 0.717) is 11.7 Å². The molecule has 1 saturated heterocycles. The summed E-state index contributed by atoms with van der Waals surface area (Å²) in [6.07, 6.45) is -0.351. The molecule has 2 heterocycles. The quantitative estimate of drug-likeness (QED) is 0.713. The number of piperidine rings is 1. The van der Waals surface area contributed by atoms with E-state index >= 15 is 0 Å². The van der Waals surface area contributed by atoms with Crippen LogP contribution in [0.25, 0.3) is 0 Å². The Hall–Kier alpha value is -0.490. The fourth-order valence-corrected chi connectivity index (χ4v) is 3.40. The highest BCUT2D eigenvalue weighted by Gasteiger charge is 2.32. The highest BCUT2D eigenvalue weighted by Crippen LogP contribution is 2.35. The van der Waals surface area contributed by atoms with E-state index in [4.69, 9.17) is 11.6 Å². The van der Waals surface area contributed by atoms with Crippen LogP contribution in [0.5, 0.6) is 0 Å². The van der Waals surface area contributed by atoms with Crippen LogP contribution in [0.3, 0.4) is 0 Å². The molecule has 0 radical (unpaired) electrons. The van der Waals surface area contributed by atoms with Crippen molar-refractivity contribution in [3.05, 3.63) is 22.8 Å². The van der Waals surface area contributed by atoms with E-state index in [1.807, 2.05) is 4.90 Å². The summed E-state index contributed by atoms with van der Waals surface area (Å²) in [5, 5.41) is 0.999. The second kappa shape index (κ2) is 6.52. The topological polar surface area (TPSA) is 16.1 Å². The molecule has 0 aromatic carbocycles. The molecule has 1 atom stereocenters. The van der Waals surface area contributed by atoms with Crippen molar-refractivity contribution in [2.45, 2.75) is 25.4 Å². The van der Waals surface area contributed by atoms with Crippen molar-refractivity contribution in [1.82, 2.24) is 4.98 Å². The fraction of sp³-hybridized carbons (Fsp3) is 0.615. The lowest BCUT2D eigenvalue weighted by Crippen LogP contribution is -2.36. The van der Waals surface area contributed by atoms with Crippen molar-refractivity contribution < 1.29 is 13.2 Å². The van der Waals surface area contributed by atoms with Gasteiger partial charge in [-0.25, -0.2) is 4.98 Å². The standard InChI is InChI=1S/C13H15BrClF3N2/c14-4-3-9-2-1-5-20(8-9)12-11(15)6-10(7-19-12)13(16,17)18/h6-7,9H,1-5,8H2. The van der Waals surface area contributed by atoms with E-state index in [2.05, 4.69) is 20.9 Å². The molecule has 2 rings (SSSR count). The average molecular weight is 372 g/mol. The third-order valence-electron chi connectivity index (χ3n) is 3.48. The molecule has 0 aliphatic carbocycles. The smallest absolute Gasteiger partial charge is 0.355 e. The SMILES string of the molecule is FC(F)(F)c1cnc(N2CCCC(CCBr)C2)c(Cl)c1. The van der Waals surface area contributed by atoms with Gasteiger partial charge in [-0.2, -0.15) is 13.2 Å². The van der Waals surface area contributed by atoms with Crippen LogP contribution < -0.4 is 4.90 Å². The molecular weight excluding hydrogens is 357 g/mol. The molecule has 1 fully saturated rings. The normalized spacial score (nSPS) is 20.2. The number of hydrogen-bond acceptors (Lipinski definition) is 2. The van der Waals surface area contributed by atoms with E-state index in [1.54, 1.807) is 0 Å². The molecule has 1 aromatic rings.